The number of anilines is 2. The average molecular weight is 763 g/mol. The molecule has 2 aliphatic rings. The zero-order valence-corrected chi connectivity index (χ0v) is 31.8. The summed E-state index contributed by atoms with van der Waals surface area (Å²) >= 11 is 0. The van der Waals surface area contributed by atoms with Crippen molar-refractivity contribution in [3.05, 3.63) is 124 Å². The first kappa shape index (κ1) is 39.4. The first-order valence-electron chi connectivity index (χ1n) is 18.3. The van der Waals surface area contributed by atoms with E-state index in [0.29, 0.717) is 99.3 Å². The molecule has 14 heteroatoms. The van der Waals surface area contributed by atoms with Crippen LogP contribution in [0.15, 0.2) is 84.9 Å². The monoisotopic (exact) mass is 762 g/mol. The molecule has 0 unspecified atom stereocenters. The number of esters is 2. The molecule has 0 saturated carbocycles. The van der Waals surface area contributed by atoms with E-state index in [1.165, 1.54) is 14.2 Å². The molecule has 2 saturated heterocycles. The number of aromatic nitrogens is 2. The maximum Gasteiger partial charge on any atom is 0.337 e. The topological polar surface area (TPSA) is 168 Å². The highest BCUT2D eigenvalue weighted by atomic mass is 16.5. The number of fused-ring (bicyclic) bond motifs is 1. The smallest absolute Gasteiger partial charge is 0.337 e. The van der Waals surface area contributed by atoms with Crippen molar-refractivity contribution in [1.29, 1.82) is 0 Å². The lowest BCUT2D eigenvalue weighted by Crippen LogP contribution is -2.40. The molecule has 0 bridgehead atoms. The van der Waals surface area contributed by atoms with Crippen LogP contribution in [0.1, 0.15) is 58.4 Å². The van der Waals surface area contributed by atoms with Crippen molar-refractivity contribution in [2.24, 2.45) is 0 Å². The van der Waals surface area contributed by atoms with Crippen LogP contribution in [-0.4, -0.2) is 110 Å². The highest BCUT2D eigenvalue weighted by molar-refractivity contribution is 5.98. The van der Waals surface area contributed by atoms with E-state index < -0.39 is 0 Å². The Morgan fingerprint density at radius 2 is 1.16 bits per heavy atom. The number of ether oxygens (including phenoxy) is 4. The van der Waals surface area contributed by atoms with Crippen LogP contribution in [0.4, 0.5) is 11.4 Å². The summed E-state index contributed by atoms with van der Waals surface area (Å²) in [6, 6.07) is 25.3. The Morgan fingerprint density at radius 1 is 0.679 bits per heavy atom. The molecule has 0 radical (unpaired) electrons. The van der Waals surface area contributed by atoms with E-state index >= 15 is 0 Å². The summed E-state index contributed by atoms with van der Waals surface area (Å²) < 4.78 is 22.1. The molecule has 4 aromatic carbocycles. The molecular formula is C42H46N6O8. The molecule has 1 aromatic heterocycles. The van der Waals surface area contributed by atoms with Crippen LogP contribution in [-0.2, 0) is 32.0 Å². The predicted molar refractivity (Wildman–Crippen MR) is 211 cm³/mol. The minimum Gasteiger partial charge on any atom is -0.465 e. The Morgan fingerprint density at radius 3 is 1.70 bits per heavy atom. The third kappa shape index (κ3) is 9.51. The molecule has 0 atom stereocenters. The van der Waals surface area contributed by atoms with Crippen molar-refractivity contribution in [3.63, 3.8) is 0 Å². The third-order valence-electron chi connectivity index (χ3n) is 9.66. The molecular weight excluding hydrogens is 716 g/mol. The number of imidazole rings is 1. The minimum atomic E-state index is -0.368. The number of nitrogens with two attached hydrogens (primary N) is 1. The van der Waals surface area contributed by atoms with Crippen LogP contribution in [0.3, 0.4) is 0 Å². The van der Waals surface area contributed by atoms with Gasteiger partial charge in [0.05, 0.1) is 74.2 Å². The van der Waals surface area contributed by atoms with Gasteiger partial charge in [0.15, 0.2) is 0 Å². The molecule has 292 valence electrons. The molecule has 0 spiro atoms. The number of hydrogen-bond donors (Lipinski definition) is 2. The zero-order valence-electron chi connectivity index (χ0n) is 31.8. The summed E-state index contributed by atoms with van der Waals surface area (Å²) in [6.45, 7) is 7.76. The van der Waals surface area contributed by atoms with Crippen LogP contribution in [0.2, 0.25) is 0 Å². The summed E-state index contributed by atoms with van der Waals surface area (Å²) in [5, 5.41) is 3.25. The number of rotatable bonds is 9. The lowest BCUT2D eigenvalue weighted by atomic mass is 10.1. The van der Waals surface area contributed by atoms with E-state index in [-0.39, 0.29) is 23.8 Å². The molecule has 2 aliphatic heterocycles. The van der Waals surface area contributed by atoms with Crippen LogP contribution in [0.5, 0.6) is 0 Å². The summed E-state index contributed by atoms with van der Waals surface area (Å²) in [6.07, 6.45) is 0. The van der Waals surface area contributed by atoms with Crippen molar-refractivity contribution in [2.75, 3.05) is 77.9 Å². The maximum absolute atomic E-state index is 12.8. The number of hydrogen-bond acceptors (Lipinski definition) is 11. The van der Waals surface area contributed by atoms with Gasteiger partial charge in [-0.1, -0.05) is 24.3 Å². The molecule has 56 heavy (non-hydrogen) atoms. The Labute approximate surface area is 325 Å². The third-order valence-corrected chi connectivity index (χ3v) is 9.66. The highest BCUT2D eigenvalue weighted by Crippen LogP contribution is 2.23. The maximum atomic E-state index is 12.8. The number of nitrogen functional groups attached to an aromatic ring is 1. The number of nitrogens with one attached hydrogen (secondary N) is 1. The fourth-order valence-electron chi connectivity index (χ4n) is 6.44. The summed E-state index contributed by atoms with van der Waals surface area (Å²) in [5.41, 5.74) is 13.4. The number of carbonyl (C=O) groups is 4. The van der Waals surface area contributed by atoms with Gasteiger partial charge in [-0.15, -0.1) is 0 Å². The lowest BCUT2D eigenvalue weighted by Gasteiger charge is -2.27. The summed E-state index contributed by atoms with van der Waals surface area (Å²) in [7, 11) is 2.72. The molecule has 2 amide bonds. The Balaban J connectivity index is 0.000000190. The largest absolute Gasteiger partial charge is 0.465 e. The van der Waals surface area contributed by atoms with Crippen molar-refractivity contribution < 1.29 is 38.1 Å². The quantitative estimate of drug-likeness (QED) is 0.157. The van der Waals surface area contributed by atoms with Crippen LogP contribution >= 0.6 is 0 Å². The van der Waals surface area contributed by atoms with Crippen molar-refractivity contribution in [2.45, 2.75) is 20.0 Å². The fraction of sp³-hybridized carbons (Fsp3) is 0.310. The molecule has 0 aliphatic carbocycles. The Hall–Kier alpha value is -6.25. The van der Waals surface area contributed by atoms with E-state index in [1.54, 1.807) is 47.4 Å². The van der Waals surface area contributed by atoms with E-state index in [0.717, 1.165) is 28.0 Å². The van der Waals surface area contributed by atoms with Gasteiger partial charge in [-0.25, -0.2) is 14.6 Å². The van der Waals surface area contributed by atoms with Gasteiger partial charge in [-0.3, -0.25) is 9.59 Å². The summed E-state index contributed by atoms with van der Waals surface area (Å²) in [4.78, 5) is 56.8. The molecule has 5 aromatic rings. The molecule has 3 N–H and O–H groups in total. The SMILES string of the molecule is COC(=O)c1ccc(CNc2cc(C(=O)N3CCOCC3)ccc2N)cc1.COC(=O)c1ccc(Cn2c(C)nc3ccc(C(=O)N4CCOCC4)cc32)cc1. The second-order valence-electron chi connectivity index (χ2n) is 13.3. The van der Waals surface area contributed by atoms with Gasteiger partial charge < -0.3 is 44.4 Å². The van der Waals surface area contributed by atoms with E-state index in [1.807, 2.05) is 54.3 Å². The number of benzene rings is 4. The number of morpholine rings is 2. The first-order valence-corrected chi connectivity index (χ1v) is 18.3. The predicted octanol–water partition coefficient (Wildman–Crippen LogP) is 4.79. The zero-order chi connectivity index (χ0) is 39.6. The Bertz CT molecular complexity index is 2170. The molecule has 3 heterocycles. The van der Waals surface area contributed by atoms with Gasteiger partial charge in [-0.2, -0.15) is 0 Å². The number of methoxy groups -OCH3 is 2. The van der Waals surface area contributed by atoms with Crippen LogP contribution in [0, 0.1) is 6.92 Å². The van der Waals surface area contributed by atoms with Gasteiger partial charge in [0.25, 0.3) is 11.8 Å². The average Bonchev–Trinajstić information content (AvgIpc) is 3.56. The number of amides is 2. The molecule has 14 nitrogen and oxygen atoms in total. The first-order chi connectivity index (χ1) is 27.1. The van der Waals surface area contributed by atoms with Crippen molar-refractivity contribution in [3.8, 4) is 0 Å². The van der Waals surface area contributed by atoms with Crippen molar-refractivity contribution in [1.82, 2.24) is 19.4 Å². The number of nitrogens with zero attached hydrogens (tertiary/aromatic N) is 4. The van der Waals surface area contributed by atoms with Gasteiger partial charge in [-0.05, 0) is 78.7 Å². The van der Waals surface area contributed by atoms with E-state index in [4.69, 9.17) is 24.7 Å². The normalized spacial score (nSPS) is 14.1. The van der Waals surface area contributed by atoms with E-state index in [9.17, 15) is 19.2 Å². The Kier molecular flexibility index (Phi) is 13.0. The van der Waals surface area contributed by atoms with Crippen LogP contribution < -0.4 is 11.1 Å². The number of aryl methyl sites for hydroxylation is 1. The fourth-order valence-corrected chi connectivity index (χ4v) is 6.44. The minimum absolute atomic E-state index is 0.0167. The molecule has 7 rings (SSSR count). The van der Waals surface area contributed by atoms with Gasteiger partial charge in [0.1, 0.15) is 5.82 Å². The molecule has 2 fully saturated rings. The van der Waals surface area contributed by atoms with E-state index in [2.05, 4.69) is 14.9 Å². The van der Waals surface area contributed by atoms with Gasteiger partial charge in [0, 0.05) is 50.4 Å². The number of carbonyl (C=O) groups excluding carboxylic acids is 4. The van der Waals surface area contributed by atoms with Gasteiger partial charge >= 0.3 is 11.9 Å². The van der Waals surface area contributed by atoms with Crippen LogP contribution in [0.25, 0.3) is 11.0 Å². The highest BCUT2D eigenvalue weighted by Gasteiger charge is 2.21. The standard InChI is InChI=1S/C22H23N3O4.C20H23N3O4/c1-15-23-19-8-7-18(21(26)24-9-11-29-12-10-24)13-20(19)25(15)14-16-3-5-17(6-4-16)22(27)28-2;1-26-20(25)15-4-2-14(3-5-15)13-22-18-12-16(6-7-17(18)21)19(24)23-8-10-27-11-9-23/h3-8,13H,9-12,14H2,1-2H3;2-7,12,22H,8-11,13,21H2,1H3. The van der Waals surface area contributed by atoms with Gasteiger partial charge in [0.2, 0.25) is 0 Å². The second kappa shape index (κ2) is 18.4. The second-order valence-corrected chi connectivity index (χ2v) is 13.3. The lowest BCUT2D eigenvalue weighted by molar-refractivity contribution is 0.0301. The summed E-state index contributed by atoms with van der Waals surface area (Å²) in [5.74, 6) is 0.139. The van der Waals surface area contributed by atoms with Crippen molar-refractivity contribution >= 4 is 46.2 Å².